The van der Waals surface area contributed by atoms with E-state index in [0.29, 0.717) is 17.8 Å². The highest BCUT2D eigenvalue weighted by atomic mass is 15.1. The molecule has 0 radical (unpaired) electrons. The first-order valence-electron chi connectivity index (χ1n) is 12.4. The molecule has 2 aliphatic rings. The molecule has 2 atom stereocenters. The maximum atomic E-state index is 6.24. The van der Waals surface area contributed by atoms with Crippen LogP contribution in [0.3, 0.4) is 0 Å². The number of benzene rings is 1. The Balaban J connectivity index is 1.04. The van der Waals surface area contributed by atoms with Crippen LogP contribution in [-0.2, 0) is 6.42 Å². The highest BCUT2D eigenvalue weighted by molar-refractivity contribution is 5.90. The van der Waals surface area contributed by atoms with Crippen molar-refractivity contribution >= 4 is 16.9 Å². The van der Waals surface area contributed by atoms with Crippen LogP contribution in [0.1, 0.15) is 61.6 Å². The lowest BCUT2D eigenvalue weighted by molar-refractivity contribution is 0.451. The van der Waals surface area contributed by atoms with Gasteiger partial charge in [-0.2, -0.15) is 0 Å². The average Bonchev–Trinajstić information content (AvgIpc) is 3.42. The molecule has 2 aromatic heterocycles. The normalized spacial score (nSPS) is 20.9. The second kappa shape index (κ2) is 10.0. The fourth-order valence-electron chi connectivity index (χ4n) is 5.25. The molecule has 4 N–H and O–H groups in total. The quantitative estimate of drug-likeness (QED) is 0.398. The maximum absolute atomic E-state index is 6.24. The molecule has 6 heteroatoms. The van der Waals surface area contributed by atoms with E-state index in [9.17, 15) is 0 Å². The van der Waals surface area contributed by atoms with Crippen LogP contribution in [0, 0.1) is 5.92 Å². The molecule has 2 fully saturated rings. The summed E-state index contributed by atoms with van der Waals surface area (Å²) in [6.07, 6.45) is 12.5. The Kier molecular flexibility index (Phi) is 6.69. The number of anilines is 1. The second-order valence-corrected chi connectivity index (χ2v) is 9.60. The van der Waals surface area contributed by atoms with E-state index in [0.717, 1.165) is 49.6 Å². The van der Waals surface area contributed by atoms with Gasteiger partial charge < -0.3 is 20.9 Å². The van der Waals surface area contributed by atoms with Crippen molar-refractivity contribution in [3.05, 3.63) is 54.0 Å². The summed E-state index contributed by atoms with van der Waals surface area (Å²) in [7, 11) is 0. The molecule has 0 amide bonds. The van der Waals surface area contributed by atoms with Crippen molar-refractivity contribution in [3.63, 3.8) is 0 Å². The third-order valence-electron chi connectivity index (χ3n) is 7.17. The van der Waals surface area contributed by atoms with Crippen molar-refractivity contribution in [1.29, 1.82) is 0 Å². The van der Waals surface area contributed by atoms with Crippen molar-refractivity contribution in [2.75, 3.05) is 31.9 Å². The molecule has 2 unspecified atom stereocenters. The number of aromatic nitrogens is 3. The summed E-state index contributed by atoms with van der Waals surface area (Å²) < 4.78 is 2.41. The fourth-order valence-corrected chi connectivity index (χ4v) is 5.25. The van der Waals surface area contributed by atoms with E-state index in [1.807, 2.05) is 0 Å². The van der Waals surface area contributed by atoms with E-state index < -0.39 is 0 Å². The highest BCUT2D eigenvalue weighted by Gasteiger charge is 2.32. The molecule has 5 rings (SSSR count). The van der Waals surface area contributed by atoms with E-state index in [2.05, 4.69) is 61.7 Å². The summed E-state index contributed by atoms with van der Waals surface area (Å²) in [6, 6.07) is 11.2. The monoisotopic (exact) mass is 432 g/mol. The van der Waals surface area contributed by atoms with Gasteiger partial charge in [-0.05, 0) is 94.1 Å². The minimum atomic E-state index is 0.533. The third-order valence-corrected chi connectivity index (χ3v) is 7.17. The molecule has 32 heavy (non-hydrogen) atoms. The second-order valence-electron chi connectivity index (χ2n) is 9.60. The van der Waals surface area contributed by atoms with Crippen molar-refractivity contribution < 1.29 is 0 Å². The smallest absolute Gasteiger partial charge is 0.146 e. The Morgan fingerprint density at radius 2 is 1.81 bits per heavy atom. The predicted molar refractivity (Wildman–Crippen MR) is 131 cm³/mol. The standard InChI is InChI=1S/C26H36N6/c27-25-24-23(21-8-9-21)17-32(26(24)31-18-30-25)22-10-7-20(15-22)16-29-13-4-12-28-14-11-19-5-2-1-3-6-19/h1-3,5-6,17-18,20-22,28-29H,4,7-16H2,(H2,27,30,31). The Morgan fingerprint density at radius 1 is 0.969 bits per heavy atom. The number of fused-ring (bicyclic) bond motifs is 1. The van der Waals surface area contributed by atoms with Gasteiger partial charge in [0, 0.05) is 12.2 Å². The van der Waals surface area contributed by atoms with E-state index in [1.54, 1.807) is 6.33 Å². The lowest BCUT2D eigenvalue weighted by Crippen LogP contribution is -2.26. The Morgan fingerprint density at radius 3 is 2.66 bits per heavy atom. The van der Waals surface area contributed by atoms with Crippen molar-refractivity contribution in [3.8, 4) is 0 Å². The number of nitrogens with one attached hydrogen (secondary N) is 2. The lowest BCUT2D eigenvalue weighted by Gasteiger charge is -2.15. The summed E-state index contributed by atoms with van der Waals surface area (Å²) in [4.78, 5) is 8.89. The van der Waals surface area contributed by atoms with Gasteiger partial charge in [-0.3, -0.25) is 0 Å². The SMILES string of the molecule is Nc1ncnc2c1c(C1CC1)cn2C1CCC(CNCCCNCCc2ccccc2)C1. The minimum Gasteiger partial charge on any atom is -0.383 e. The molecule has 0 bridgehead atoms. The number of hydrogen-bond donors (Lipinski definition) is 3. The molecular formula is C26H36N6. The van der Waals surface area contributed by atoms with Crippen LogP contribution < -0.4 is 16.4 Å². The number of hydrogen-bond acceptors (Lipinski definition) is 5. The van der Waals surface area contributed by atoms with Crippen LogP contribution in [0.25, 0.3) is 11.0 Å². The zero-order valence-electron chi connectivity index (χ0n) is 19.0. The number of nitrogen functional groups attached to an aromatic ring is 1. The van der Waals surface area contributed by atoms with Gasteiger partial charge in [0.25, 0.3) is 0 Å². The first-order valence-corrected chi connectivity index (χ1v) is 12.4. The molecule has 1 aromatic carbocycles. The van der Waals surface area contributed by atoms with Gasteiger partial charge in [-0.1, -0.05) is 30.3 Å². The molecule has 170 valence electrons. The van der Waals surface area contributed by atoms with Crippen molar-refractivity contribution in [2.45, 2.75) is 56.9 Å². The average molecular weight is 433 g/mol. The summed E-state index contributed by atoms with van der Waals surface area (Å²) >= 11 is 0. The largest absolute Gasteiger partial charge is 0.383 e. The van der Waals surface area contributed by atoms with Crippen LogP contribution >= 0.6 is 0 Å². The highest BCUT2D eigenvalue weighted by Crippen LogP contribution is 2.46. The van der Waals surface area contributed by atoms with Gasteiger partial charge in [-0.25, -0.2) is 9.97 Å². The topological polar surface area (TPSA) is 80.8 Å². The van der Waals surface area contributed by atoms with Gasteiger partial charge in [0.1, 0.15) is 17.8 Å². The zero-order valence-corrected chi connectivity index (χ0v) is 19.0. The number of nitrogens with zero attached hydrogens (tertiary/aromatic N) is 3. The van der Waals surface area contributed by atoms with Gasteiger partial charge in [0.05, 0.1) is 5.39 Å². The van der Waals surface area contributed by atoms with Crippen LogP contribution in [0.4, 0.5) is 5.82 Å². The minimum absolute atomic E-state index is 0.533. The predicted octanol–water partition coefficient (Wildman–Crippen LogP) is 4.04. The Bertz CT molecular complexity index is 1010. The van der Waals surface area contributed by atoms with Crippen LogP contribution in [0.2, 0.25) is 0 Å². The van der Waals surface area contributed by atoms with Gasteiger partial charge in [-0.15, -0.1) is 0 Å². The number of nitrogens with two attached hydrogens (primary N) is 1. The summed E-state index contributed by atoms with van der Waals surface area (Å²) in [5, 5.41) is 8.36. The maximum Gasteiger partial charge on any atom is 0.146 e. The Hall–Kier alpha value is -2.44. The first-order chi connectivity index (χ1) is 15.8. The van der Waals surface area contributed by atoms with Crippen molar-refractivity contribution in [1.82, 2.24) is 25.2 Å². The lowest BCUT2D eigenvalue weighted by atomic mass is 10.1. The van der Waals surface area contributed by atoms with Gasteiger partial charge >= 0.3 is 0 Å². The van der Waals surface area contributed by atoms with E-state index >= 15 is 0 Å². The molecule has 2 heterocycles. The molecule has 0 aliphatic heterocycles. The van der Waals surface area contributed by atoms with Gasteiger partial charge in [0.15, 0.2) is 0 Å². The van der Waals surface area contributed by atoms with Crippen molar-refractivity contribution in [2.24, 2.45) is 5.92 Å². The summed E-state index contributed by atoms with van der Waals surface area (Å²) in [6.45, 7) is 4.33. The third kappa shape index (κ3) is 4.97. The molecule has 0 spiro atoms. The summed E-state index contributed by atoms with van der Waals surface area (Å²) in [5.74, 6) is 2.04. The summed E-state index contributed by atoms with van der Waals surface area (Å²) in [5.41, 5.74) is 10.1. The van der Waals surface area contributed by atoms with E-state index in [1.165, 1.54) is 49.7 Å². The molecular weight excluding hydrogens is 396 g/mol. The molecule has 0 saturated heterocycles. The van der Waals surface area contributed by atoms with Crippen LogP contribution in [0.15, 0.2) is 42.9 Å². The fraction of sp³-hybridized carbons (Fsp3) is 0.538. The molecule has 2 aliphatic carbocycles. The van der Waals surface area contributed by atoms with Crippen LogP contribution in [-0.4, -0.2) is 40.7 Å². The van der Waals surface area contributed by atoms with E-state index in [-0.39, 0.29) is 0 Å². The Labute approximate surface area is 191 Å². The van der Waals surface area contributed by atoms with Crippen LogP contribution in [0.5, 0.6) is 0 Å². The molecule has 2 saturated carbocycles. The zero-order chi connectivity index (χ0) is 21.8. The molecule has 3 aromatic rings. The van der Waals surface area contributed by atoms with E-state index in [4.69, 9.17) is 5.73 Å². The first kappa shape index (κ1) is 21.4. The van der Waals surface area contributed by atoms with Gasteiger partial charge in [0.2, 0.25) is 0 Å². The molecule has 6 nitrogen and oxygen atoms in total. The number of rotatable bonds is 11.